The van der Waals surface area contributed by atoms with Gasteiger partial charge in [0.25, 0.3) is 5.56 Å². The zero-order valence-electron chi connectivity index (χ0n) is 12.6. The fourth-order valence-electron chi connectivity index (χ4n) is 3.31. The van der Waals surface area contributed by atoms with Crippen molar-refractivity contribution in [1.82, 2.24) is 4.57 Å². The molecule has 3 nitrogen and oxygen atoms in total. The van der Waals surface area contributed by atoms with Crippen LogP contribution >= 0.6 is 0 Å². The number of fused-ring (bicyclic) bond motifs is 1. The van der Waals surface area contributed by atoms with Crippen LogP contribution in [0.5, 0.6) is 0 Å². The molecule has 1 unspecified atom stereocenters. The largest absolute Gasteiger partial charge is 0.387 e. The molecule has 1 N–H and O–H groups in total. The molecule has 0 saturated heterocycles. The summed E-state index contributed by atoms with van der Waals surface area (Å²) >= 11 is 0. The van der Waals surface area contributed by atoms with Gasteiger partial charge in [-0.1, -0.05) is 35.4 Å². The lowest BCUT2D eigenvalue weighted by atomic mass is 10.0. The molecule has 0 saturated carbocycles. The van der Waals surface area contributed by atoms with Crippen LogP contribution in [0.2, 0.25) is 0 Å². The van der Waals surface area contributed by atoms with Crippen molar-refractivity contribution in [3.05, 3.63) is 68.6 Å². The van der Waals surface area contributed by atoms with E-state index in [0.29, 0.717) is 6.54 Å². The van der Waals surface area contributed by atoms with Gasteiger partial charge in [-0.3, -0.25) is 4.79 Å². The number of rotatable bonds is 3. The van der Waals surface area contributed by atoms with E-state index < -0.39 is 6.10 Å². The standard InChI is InChI=1S/C18H21NO2/c1-12-8-13(2)10-15(9-12)17(20)11-19-16-5-3-4-14(16)6-7-18(19)21/h6-10,17,20H,3-5,11H2,1-2H3. The first-order chi connectivity index (χ1) is 10.0. The second-order valence-electron chi connectivity index (χ2n) is 6.04. The Bertz CT molecular complexity index is 710. The predicted molar refractivity (Wildman–Crippen MR) is 83.6 cm³/mol. The summed E-state index contributed by atoms with van der Waals surface area (Å²) in [6, 6.07) is 9.63. The van der Waals surface area contributed by atoms with Gasteiger partial charge in [0, 0.05) is 11.8 Å². The maximum atomic E-state index is 12.1. The Labute approximate surface area is 124 Å². The van der Waals surface area contributed by atoms with Crippen molar-refractivity contribution in [3.63, 3.8) is 0 Å². The first-order valence-corrected chi connectivity index (χ1v) is 7.52. The number of hydrogen-bond donors (Lipinski definition) is 1. The molecular weight excluding hydrogens is 262 g/mol. The molecule has 2 aromatic rings. The summed E-state index contributed by atoms with van der Waals surface area (Å²) in [7, 11) is 0. The molecule has 0 radical (unpaired) electrons. The molecule has 110 valence electrons. The monoisotopic (exact) mass is 283 g/mol. The Hall–Kier alpha value is -1.87. The quantitative estimate of drug-likeness (QED) is 0.941. The molecule has 1 atom stereocenters. The summed E-state index contributed by atoms with van der Waals surface area (Å²) in [6.07, 6.45) is 2.42. The SMILES string of the molecule is Cc1cc(C)cc(C(O)Cn2c3c(ccc2=O)CCC3)c1. The molecule has 21 heavy (non-hydrogen) atoms. The second-order valence-corrected chi connectivity index (χ2v) is 6.04. The second kappa shape index (κ2) is 5.49. The predicted octanol–water partition coefficient (Wildman–Crippen LogP) is 2.69. The Morgan fingerprint density at radius 3 is 2.57 bits per heavy atom. The van der Waals surface area contributed by atoms with Gasteiger partial charge >= 0.3 is 0 Å². The molecule has 0 fully saturated rings. The van der Waals surface area contributed by atoms with Crippen LogP contribution in [0.4, 0.5) is 0 Å². The van der Waals surface area contributed by atoms with Gasteiger partial charge in [-0.25, -0.2) is 0 Å². The van der Waals surface area contributed by atoms with Crippen LogP contribution in [0.15, 0.2) is 35.1 Å². The molecule has 1 aliphatic carbocycles. The first-order valence-electron chi connectivity index (χ1n) is 7.52. The highest BCUT2D eigenvalue weighted by Crippen LogP contribution is 2.23. The van der Waals surface area contributed by atoms with E-state index in [0.717, 1.165) is 41.6 Å². The summed E-state index contributed by atoms with van der Waals surface area (Å²) in [6.45, 7) is 4.39. The minimum Gasteiger partial charge on any atom is -0.387 e. The highest BCUT2D eigenvalue weighted by molar-refractivity contribution is 5.30. The summed E-state index contributed by atoms with van der Waals surface area (Å²) in [5.41, 5.74) is 5.49. The van der Waals surface area contributed by atoms with Crippen LogP contribution in [-0.4, -0.2) is 9.67 Å². The fourth-order valence-corrected chi connectivity index (χ4v) is 3.31. The number of hydrogen-bond acceptors (Lipinski definition) is 2. The van der Waals surface area contributed by atoms with Crippen LogP contribution in [0.1, 0.15) is 40.5 Å². The van der Waals surface area contributed by atoms with Gasteiger partial charge in [-0.2, -0.15) is 0 Å². The fraction of sp³-hybridized carbons (Fsp3) is 0.389. The molecular formula is C18H21NO2. The number of aliphatic hydroxyl groups is 1. The summed E-state index contributed by atoms with van der Waals surface area (Å²) in [5, 5.41) is 10.5. The van der Waals surface area contributed by atoms with E-state index >= 15 is 0 Å². The summed E-state index contributed by atoms with van der Waals surface area (Å²) < 4.78 is 1.75. The first kappa shape index (κ1) is 14.1. The van der Waals surface area contributed by atoms with Crippen molar-refractivity contribution >= 4 is 0 Å². The summed E-state index contributed by atoms with van der Waals surface area (Å²) in [5.74, 6) is 0. The number of benzene rings is 1. The minimum atomic E-state index is -0.645. The maximum Gasteiger partial charge on any atom is 0.250 e. The molecule has 1 aromatic carbocycles. The van der Waals surface area contributed by atoms with Crippen molar-refractivity contribution in [2.75, 3.05) is 0 Å². The molecule has 1 aromatic heterocycles. The molecule has 3 rings (SSSR count). The van der Waals surface area contributed by atoms with Crippen molar-refractivity contribution in [2.24, 2.45) is 0 Å². The van der Waals surface area contributed by atoms with Crippen LogP contribution in [0.3, 0.4) is 0 Å². The normalized spacial score (nSPS) is 15.0. The molecule has 0 amide bonds. The molecule has 0 bridgehead atoms. The third kappa shape index (κ3) is 2.79. The van der Waals surface area contributed by atoms with E-state index in [1.807, 2.05) is 32.0 Å². The van der Waals surface area contributed by atoms with Crippen molar-refractivity contribution in [2.45, 2.75) is 45.8 Å². The number of nitrogens with zero attached hydrogens (tertiary/aromatic N) is 1. The molecule has 1 heterocycles. The number of pyridine rings is 1. The third-order valence-electron chi connectivity index (χ3n) is 4.23. The van der Waals surface area contributed by atoms with Gasteiger partial charge in [0.1, 0.15) is 0 Å². The average molecular weight is 283 g/mol. The van der Waals surface area contributed by atoms with Crippen LogP contribution in [0.25, 0.3) is 0 Å². The molecule has 0 aliphatic heterocycles. The topological polar surface area (TPSA) is 42.2 Å². The van der Waals surface area contributed by atoms with Crippen molar-refractivity contribution in [1.29, 1.82) is 0 Å². The van der Waals surface area contributed by atoms with E-state index in [1.165, 1.54) is 5.56 Å². The van der Waals surface area contributed by atoms with Gasteiger partial charge in [0.2, 0.25) is 0 Å². The van der Waals surface area contributed by atoms with E-state index in [-0.39, 0.29) is 5.56 Å². The van der Waals surface area contributed by atoms with E-state index in [2.05, 4.69) is 6.07 Å². The van der Waals surface area contributed by atoms with Crippen molar-refractivity contribution < 1.29 is 5.11 Å². The smallest absolute Gasteiger partial charge is 0.250 e. The average Bonchev–Trinajstić information content (AvgIpc) is 2.89. The van der Waals surface area contributed by atoms with Crippen LogP contribution in [0, 0.1) is 13.8 Å². The van der Waals surface area contributed by atoms with E-state index in [9.17, 15) is 9.90 Å². The zero-order chi connectivity index (χ0) is 15.0. The van der Waals surface area contributed by atoms with Crippen LogP contribution < -0.4 is 5.56 Å². The lowest BCUT2D eigenvalue weighted by molar-refractivity contribution is 0.154. The zero-order valence-corrected chi connectivity index (χ0v) is 12.6. The maximum absolute atomic E-state index is 12.1. The minimum absolute atomic E-state index is 0.0147. The highest BCUT2D eigenvalue weighted by atomic mass is 16.3. The van der Waals surface area contributed by atoms with Gasteiger partial charge in [-0.05, 0) is 44.2 Å². The van der Waals surface area contributed by atoms with Gasteiger partial charge in [-0.15, -0.1) is 0 Å². The Balaban J connectivity index is 1.93. The summed E-state index contributed by atoms with van der Waals surface area (Å²) in [4.78, 5) is 12.1. The van der Waals surface area contributed by atoms with E-state index in [1.54, 1.807) is 10.6 Å². The number of aliphatic hydroxyl groups excluding tert-OH is 1. The number of aromatic nitrogens is 1. The highest BCUT2D eigenvalue weighted by Gasteiger charge is 2.18. The lowest BCUT2D eigenvalue weighted by Crippen LogP contribution is -2.25. The van der Waals surface area contributed by atoms with Gasteiger partial charge in [0.15, 0.2) is 0 Å². The van der Waals surface area contributed by atoms with Gasteiger partial charge in [0.05, 0.1) is 12.6 Å². The van der Waals surface area contributed by atoms with Crippen molar-refractivity contribution in [3.8, 4) is 0 Å². The van der Waals surface area contributed by atoms with Crippen LogP contribution in [-0.2, 0) is 19.4 Å². The number of aryl methyl sites for hydroxylation is 3. The Kier molecular flexibility index (Phi) is 3.68. The Morgan fingerprint density at radius 2 is 1.86 bits per heavy atom. The molecule has 3 heteroatoms. The molecule has 0 spiro atoms. The van der Waals surface area contributed by atoms with Gasteiger partial charge < -0.3 is 9.67 Å². The third-order valence-corrected chi connectivity index (χ3v) is 4.23. The lowest BCUT2D eigenvalue weighted by Gasteiger charge is -2.17. The van der Waals surface area contributed by atoms with E-state index in [4.69, 9.17) is 0 Å². The Morgan fingerprint density at radius 1 is 1.14 bits per heavy atom. The molecule has 1 aliphatic rings.